The first-order chi connectivity index (χ1) is 6.99. The molecule has 0 heterocycles. The van der Waals surface area contributed by atoms with Crippen LogP contribution in [0.15, 0.2) is 0 Å². The second-order valence-corrected chi connectivity index (χ2v) is 3.07. The Hall–Kier alpha value is -1.14. The maximum Gasteiger partial charge on any atom is 0.325 e. The first-order valence-corrected chi connectivity index (χ1v) is 4.62. The van der Waals surface area contributed by atoms with Gasteiger partial charge in [-0.25, -0.2) is 0 Å². The smallest absolute Gasteiger partial charge is 0.325 e. The molecule has 0 aliphatic carbocycles. The Morgan fingerprint density at radius 3 is 2.40 bits per heavy atom. The summed E-state index contributed by atoms with van der Waals surface area (Å²) in [5, 5.41) is 10.9. The zero-order valence-electron chi connectivity index (χ0n) is 9.15. The lowest BCUT2D eigenvalue weighted by Crippen LogP contribution is -2.43. The molecule has 6 nitrogen and oxygen atoms in total. The molecule has 1 amide bonds. The number of ether oxygens (including phenoxy) is 2. The van der Waals surface area contributed by atoms with Crippen LogP contribution in [0.2, 0.25) is 0 Å². The van der Waals surface area contributed by atoms with Gasteiger partial charge in [0.15, 0.2) is 0 Å². The highest BCUT2D eigenvalue weighted by Gasteiger charge is 2.18. The summed E-state index contributed by atoms with van der Waals surface area (Å²) < 4.78 is 9.84. The van der Waals surface area contributed by atoms with E-state index < -0.39 is 24.0 Å². The minimum atomic E-state index is -1.08. The zero-order chi connectivity index (χ0) is 11.8. The number of hydrogen-bond donors (Lipinski definition) is 2. The van der Waals surface area contributed by atoms with Gasteiger partial charge in [0.2, 0.25) is 5.91 Å². The number of hydrogen-bond acceptors (Lipinski definition) is 4. The van der Waals surface area contributed by atoms with Gasteiger partial charge in [0.1, 0.15) is 12.1 Å². The van der Waals surface area contributed by atoms with Crippen LogP contribution in [-0.2, 0) is 19.1 Å². The van der Waals surface area contributed by atoms with Crippen LogP contribution < -0.4 is 5.32 Å². The van der Waals surface area contributed by atoms with Gasteiger partial charge in [-0.15, -0.1) is 0 Å². The molecule has 0 saturated heterocycles. The molecule has 0 spiro atoms. The van der Waals surface area contributed by atoms with Crippen molar-refractivity contribution in [1.82, 2.24) is 5.32 Å². The third-order valence-electron chi connectivity index (χ3n) is 1.75. The third-order valence-corrected chi connectivity index (χ3v) is 1.75. The number of carbonyl (C=O) groups is 2. The maximum atomic E-state index is 11.3. The highest BCUT2D eigenvalue weighted by molar-refractivity contribution is 5.85. The van der Waals surface area contributed by atoms with Gasteiger partial charge < -0.3 is 19.9 Å². The summed E-state index contributed by atoms with van der Waals surface area (Å²) in [5.74, 6) is -1.52. The predicted molar refractivity (Wildman–Crippen MR) is 52.5 cm³/mol. The molecule has 0 aromatic carbocycles. The monoisotopic (exact) mass is 219 g/mol. The van der Waals surface area contributed by atoms with Crippen molar-refractivity contribution in [2.45, 2.75) is 26.0 Å². The van der Waals surface area contributed by atoms with Crippen LogP contribution in [0.1, 0.15) is 13.8 Å². The third kappa shape index (κ3) is 6.03. The molecule has 0 aromatic heterocycles. The number of nitrogens with one attached hydrogen (secondary N) is 1. The lowest BCUT2D eigenvalue weighted by molar-refractivity contribution is -0.143. The Kier molecular flexibility index (Phi) is 6.64. The molecule has 2 unspecified atom stereocenters. The summed E-state index contributed by atoms with van der Waals surface area (Å²) in [6, 6.07) is -0.911. The summed E-state index contributed by atoms with van der Waals surface area (Å²) in [5.41, 5.74) is 0. The van der Waals surface area contributed by atoms with Crippen LogP contribution in [0.25, 0.3) is 0 Å². The minimum Gasteiger partial charge on any atom is -0.480 e. The van der Waals surface area contributed by atoms with E-state index in [1.807, 2.05) is 0 Å². The van der Waals surface area contributed by atoms with Crippen LogP contribution in [0, 0.1) is 0 Å². The first kappa shape index (κ1) is 13.9. The molecule has 0 aliphatic rings. The van der Waals surface area contributed by atoms with Gasteiger partial charge in [-0.2, -0.15) is 0 Å². The molecule has 0 aliphatic heterocycles. The summed E-state index contributed by atoms with van der Waals surface area (Å²) in [6.45, 7) is 3.64. The quantitative estimate of drug-likeness (QED) is 0.570. The van der Waals surface area contributed by atoms with Gasteiger partial charge in [0.05, 0.1) is 13.2 Å². The Morgan fingerprint density at radius 2 is 1.93 bits per heavy atom. The SMILES string of the molecule is COCCOC(C)C(=O)NC(C)C(=O)O. The van der Waals surface area contributed by atoms with Crippen LogP contribution in [-0.4, -0.2) is 49.5 Å². The van der Waals surface area contributed by atoms with E-state index in [0.29, 0.717) is 13.2 Å². The van der Waals surface area contributed by atoms with Crippen LogP contribution in [0.4, 0.5) is 0 Å². The number of aliphatic carboxylic acids is 1. The summed E-state index contributed by atoms with van der Waals surface area (Å²) in [7, 11) is 1.53. The summed E-state index contributed by atoms with van der Waals surface area (Å²) in [4.78, 5) is 21.8. The van der Waals surface area contributed by atoms with Gasteiger partial charge in [-0.05, 0) is 13.8 Å². The lowest BCUT2D eigenvalue weighted by Gasteiger charge is -2.15. The number of rotatable bonds is 7. The Bertz CT molecular complexity index is 219. The Balaban J connectivity index is 3.83. The van der Waals surface area contributed by atoms with E-state index in [1.165, 1.54) is 14.0 Å². The molecule has 15 heavy (non-hydrogen) atoms. The molecule has 0 aromatic rings. The van der Waals surface area contributed by atoms with Gasteiger partial charge in [-0.3, -0.25) is 9.59 Å². The zero-order valence-corrected chi connectivity index (χ0v) is 9.15. The average molecular weight is 219 g/mol. The predicted octanol–water partition coefficient (Wildman–Crippen LogP) is -0.373. The fourth-order valence-corrected chi connectivity index (χ4v) is 0.776. The molecule has 0 radical (unpaired) electrons. The Labute approximate surface area is 88.6 Å². The number of methoxy groups -OCH3 is 1. The minimum absolute atomic E-state index is 0.298. The summed E-state index contributed by atoms with van der Waals surface area (Å²) >= 11 is 0. The molecule has 0 bridgehead atoms. The van der Waals surface area contributed by atoms with E-state index in [1.54, 1.807) is 6.92 Å². The van der Waals surface area contributed by atoms with Crippen molar-refractivity contribution in [2.24, 2.45) is 0 Å². The van der Waals surface area contributed by atoms with Gasteiger partial charge in [-0.1, -0.05) is 0 Å². The second-order valence-electron chi connectivity index (χ2n) is 3.07. The van der Waals surface area contributed by atoms with Crippen molar-refractivity contribution >= 4 is 11.9 Å². The van der Waals surface area contributed by atoms with Crippen molar-refractivity contribution in [3.05, 3.63) is 0 Å². The molecule has 0 rings (SSSR count). The van der Waals surface area contributed by atoms with Gasteiger partial charge in [0, 0.05) is 7.11 Å². The first-order valence-electron chi connectivity index (χ1n) is 4.62. The number of carboxylic acid groups (broad SMARTS) is 1. The van der Waals surface area contributed by atoms with Crippen molar-refractivity contribution in [3.63, 3.8) is 0 Å². The van der Waals surface area contributed by atoms with E-state index in [-0.39, 0.29) is 0 Å². The average Bonchev–Trinajstić information content (AvgIpc) is 2.17. The van der Waals surface area contributed by atoms with Crippen molar-refractivity contribution in [3.8, 4) is 0 Å². The molecule has 0 fully saturated rings. The standard InChI is InChI=1S/C9H17NO5/c1-6(9(12)13)10-8(11)7(2)15-5-4-14-3/h6-7H,4-5H2,1-3H3,(H,10,11)(H,12,13). The van der Waals surface area contributed by atoms with Crippen LogP contribution >= 0.6 is 0 Å². The molecule has 6 heteroatoms. The van der Waals surface area contributed by atoms with Crippen molar-refractivity contribution < 1.29 is 24.2 Å². The fraction of sp³-hybridized carbons (Fsp3) is 0.778. The molecule has 2 atom stereocenters. The largest absolute Gasteiger partial charge is 0.480 e. The van der Waals surface area contributed by atoms with Crippen molar-refractivity contribution in [2.75, 3.05) is 20.3 Å². The molecular weight excluding hydrogens is 202 g/mol. The van der Waals surface area contributed by atoms with E-state index in [9.17, 15) is 9.59 Å². The Morgan fingerprint density at radius 1 is 1.33 bits per heavy atom. The number of carbonyl (C=O) groups excluding carboxylic acids is 1. The highest BCUT2D eigenvalue weighted by Crippen LogP contribution is 1.92. The highest BCUT2D eigenvalue weighted by atomic mass is 16.5. The second kappa shape index (κ2) is 7.19. The van der Waals surface area contributed by atoms with E-state index in [4.69, 9.17) is 14.6 Å². The van der Waals surface area contributed by atoms with Crippen LogP contribution in [0.5, 0.6) is 0 Å². The molecule has 88 valence electrons. The van der Waals surface area contributed by atoms with Gasteiger partial charge in [0.25, 0.3) is 0 Å². The van der Waals surface area contributed by atoms with E-state index in [0.717, 1.165) is 0 Å². The van der Waals surface area contributed by atoms with Crippen LogP contribution in [0.3, 0.4) is 0 Å². The molecule has 2 N–H and O–H groups in total. The lowest BCUT2D eigenvalue weighted by atomic mass is 10.3. The topological polar surface area (TPSA) is 84.9 Å². The van der Waals surface area contributed by atoms with Gasteiger partial charge >= 0.3 is 5.97 Å². The fourth-order valence-electron chi connectivity index (χ4n) is 0.776. The van der Waals surface area contributed by atoms with Crippen molar-refractivity contribution in [1.29, 1.82) is 0 Å². The van der Waals surface area contributed by atoms with E-state index in [2.05, 4.69) is 5.32 Å². The number of amides is 1. The molecule has 0 saturated carbocycles. The normalized spacial score (nSPS) is 14.3. The summed E-state index contributed by atoms with van der Waals surface area (Å²) in [6.07, 6.45) is -0.679. The molecular formula is C9H17NO5. The van der Waals surface area contributed by atoms with E-state index >= 15 is 0 Å². The number of carboxylic acids is 1. The maximum absolute atomic E-state index is 11.3.